The number of hydrogen-bond acceptors (Lipinski definition) is 3. The Balaban J connectivity index is 2.63. The van der Waals surface area contributed by atoms with E-state index < -0.39 is 5.91 Å². The van der Waals surface area contributed by atoms with Gasteiger partial charge in [-0.15, -0.1) is 0 Å². The summed E-state index contributed by atoms with van der Waals surface area (Å²) >= 11 is 0. The van der Waals surface area contributed by atoms with Gasteiger partial charge in [0.05, 0.1) is 0 Å². The predicted molar refractivity (Wildman–Crippen MR) is 63.0 cm³/mol. The number of aliphatic hydroxyl groups excluding tert-OH is 1. The highest BCUT2D eigenvalue weighted by atomic mass is 16.3. The van der Waals surface area contributed by atoms with Crippen LogP contribution in [0.5, 0.6) is 0 Å². The Morgan fingerprint density at radius 2 is 2.19 bits per heavy atom. The molecule has 0 fully saturated rings. The molecule has 0 bridgehead atoms. The van der Waals surface area contributed by atoms with E-state index in [0.717, 1.165) is 5.56 Å². The van der Waals surface area contributed by atoms with Crippen LogP contribution >= 0.6 is 0 Å². The first-order valence-electron chi connectivity index (χ1n) is 5.37. The van der Waals surface area contributed by atoms with Gasteiger partial charge in [0.2, 0.25) is 5.91 Å². The van der Waals surface area contributed by atoms with E-state index in [1.165, 1.54) is 0 Å². The average molecular weight is 222 g/mol. The van der Waals surface area contributed by atoms with E-state index in [4.69, 9.17) is 10.8 Å². The van der Waals surface area contributed by atoms with Crippen LogP contribution in [0.4, 0.5) is 0 Å². The second kappa shape index (κ2) is 6.25. The lowest BCUT2D eigenvalue weighted by molar-refractivity contribution is 0.0999. The van der Waals surface area contributed by atoms with Crippen molar-refractivity contribution in [3.8, 4) is 0 Å². The molecular formula is C12H18N2O2. The third kappa shape index (κ3) is 3.64. The number of amides is 1. The molecule has 0 saturated heterocycles. The summed E-state index contributed by atoms with van der Waals surface area (Å²) < 4.78 is 0. The van der Waals surface area contributed by atoms with E-state index in [1.54, 1.807) is 12.1 Å². The zero-order valence-corrected chi connectivity index (χ0v) is 9.44. The highest BCUT2D eigenvalue weighted by molar-refractivity contribution is 5.94. The van der Waals surface area contributed by atoms with E-state index in [1.807, 2.05) is 19.1 Å². The minimum Gasteiger partial charge on any atom is -0.396 e. The van der Waals surface area contributed by atoms with Crippen LogP contribution in [-0.2, 0) is 6.54 Å². The number of carbonyl (C=O) groups excluding carboxylic acids is 1. The third-order valence-electron chi connectivity index (χ3n) is 2.49. The highest BCUT2D eigenvalue weighted by Crippen LogP contribution is 2.08. The minimum atomic E-state index is -0.410. The van der Waals surface area contributed by atoms with Gasteiger partial charge in [-0.05, 0) is 25.0 Å². The van der Waals surface area contributed by atoms with Gasteiger partial charge < -0.3 is 16.2 Å². The lowest BCUT2D eigenvalue weighted by Crippen LogP contribution is -2.27. The van der Waals surface area contributed by atoms with Crippen molar-refractivity contribution in [2.45, 2.75) is 25.9 Å². The van der Waals surface area contributed by atoms with Crippen LogP contribution < -0.4 is 11.1 Å². The van der Waals surface area contributed by atoms with Crippen molar-refractivity contribution >= 4 is 5.91 Å². The molecule has 16 heavy (non-hydrogen) atoms. The number of benzene rings is 1. The van der Waals surface area contributed by atoms with Crippen molar-refractivity contribution in [1.82, 2.24) is 5.32 Å². The van der Waals surface area contributed by atoms with E-state index in [0.29, 0.717) is 18.5 Å². The van der Waals surface area contributed by atoms with Gasteiger partial charge in [0.25, 0.3) is 0 Å². The molecule has 1 unspecified atom stereocenters. The molecule has 88 valence electrons. The topological polar surface area (TPSA) is 75.3 Å². The number of carbonyl (C=O) groups is 1. The fraction of sp³-hybridized carbons (Fsp3) is 0.417. The molecule has 0 saturated carbocycles. The van der Waals surface area contributed by atoms with Gasteiger partial charge in [0.1, 0.15) is 0 Å². The summed E-state index contributed by atoms with van der Waals surface area (Å²) in [4.78, 5) is 11.1. The Bertz CT molecular complexity index is 353. The van der Waals surface area contributed by atoms with Crippen molar-refractivity contribution in [3.05, 3.63) is 35.4 Å². The van der Waals surface area contributed by atoms with Crippen LogP contribution in [0.25, 0.3) is 0 Å². The van der Waals surface area contributed by atoms with Crippen molar-refractivity contribution in [2.24, 2.45) is 5.73 Å². The molecule has 0 radical (unpaired) electrons. The number of nitrogens with one attached hydrogen (secondary N) is 1. The van der Waals surface area contributed by atoms with Crippen molar-refractivity contribution in [3.63, 3.8) is 0 Å². The Morgan fingerprint density at radius 1 is 1.50 bits per heavy atom. The molecule has 1 amide bonds. The Hall–Kier alpha value is -1.39. The minimum absolute atomic E-state index is 0.158. The molecule has 1 aromatic rings. The Kier molecular flexibility index (Phi) is 4.95. The highest BCUT2D eigenvalue weighted by Gasteiger charge is 2.07. The fourth-order valence-corrected chi connectivity index (χ4v) is 1.49. The lowest BCUT2D eigenvalue weighted by Gasteiger charge is -2.13. The Morgan fingerprint density at radius 3 is 2.81 bits per heavy atom. The van der Waals surface area contributed by atoms with Crippen LogP contribution in [0, 0.1) is 0 Å². The number of primary amides is 1. The molecule has 0 heterocycles. The smallest absolute Gasteiger partial charge is 0.249 e. The molecule has 4 nitrogen and oxygen atoms in total. The maximum absolute atomic E-state index is 11.1. The van der Waals surface area contributed by atoms with E-state index in [-0.39, 0.29) is 12.6 Å². The van der Waals surface area contributed by atoms with Gasteiger partial charge in [-0.3, -0.25) is 4.79 Å². The zero-order chi connectivity index (χ0) is 12.0. The SMILES string of the molecule is CC(CCO)NCc1ccccc1C(N)=O. The van der Waals surface area contributed by atoms with Gasteiger partial charge in [0, 0.05) is 24.8 Å². The first-order chi connectivity index (χ1) is 7.65. The predicted octanol–water partition coefficient (Wildman–Crippen LogP) is 0.646. The molecule has 4 N–H and O–H groups in total. The molecule has 1 rings (SSSR count). The van der Waals surface area contributed by atoms with E-state index >= 15 is 0 Å². The van der Waals surface area contributed by atoms with Crippen LogP contribution in [0.3, 0.4) is 0 Å². The first kappa shape index (κ1) is 12.7. The monoisotopic (exact) mass is 222 g/mol. The summed E-state index contributed by atoms with van der Waals surface area (Å²) in [6.07, 6.45) is 0.693. The maximum Gasteiger partial charge on any atom is 0.249 e. The fourth-order valence-electron chi connectivity index (χ4n) is 1.49. The quantitative estimate of drug-likeness (QED) is 0.661. The van der Waals surface area contributed by atoms with Crippen LogP contribution in [0.15, 0.2) is 24.3 Å². The number of nitrogens with two attached hydrogens (primary N) is 1. The van der Waals surface area contributed by atoms with Crippen LogP contribution in [0.2, 0.25) is 0 Å². The second-order valence-corrected chi connectivity index (χ2v) is 3.82. The third-order valence-corrected chi connectivity index (χ3v) is 2.49. The number of hydrogen-bond donors (Lipinski definition) is 3. The number of rotatable bonds is 6. The van der Waals surface area contributed by atoms with Crippen molar-refractivity contribution in [2.75, 3.05) is 6.61 Å². The first-order valence-corrected chi connectivity index (χ1v) is 5.37. The molecule has 0 spiro atoms. The van der Waals surface area contributed by atoms with E-state index in [2.05, 4.69) is 5.32 Å². The van der Waals surface area contributed by atoms with Gasteiger partial charge in [-0.2, -0.15) is 0 Å². The summed E-state index contributed by atoms with van der Waals surface area (Å²) in [7, 11) is 0. The standard InChI is InChI=1S/C12H18N2O2/c1-9(6-7-15)14-8-10-4-2-3-5-11(10)12(13)16/h2-5,9,14-15H,6-8H2,1H3,(H2,13,16). The molecule has 0 aliphatic rings. The molecule has 0 aliphatic carbocycles. The van der Waals surface area contributed by atoms with Crippen LogP contribution in [-0.4, -0.2) is 23.7 Å². The van der Waals surface area contributed by atoms with Gasteiger partial charge >= 0.3 is 0 Å². The number of aliphatic hydroxyl groups is 1. The largest absolute Gasteiger partial charge is 0.396 e. The summed E-state index contributed by atoms with van der Waals surface area (Å²) in [5, 5.41) is 12.0. The maximum atomic E-state index is 11.1. The molecular weight excluding hydrogens is 204 g/mol. The molecule has 1 aromatic carbocycles. The summed E-state index contributed by atoms with van der Waals surface area (Å²) in [6, 6.07) is 7.47. The van der Waals surface area contributed by atoms with Gasteiger partial charge in [0.15, 0.2) is 0 Å². The van der Waals surface area contributed by atoms with Gasteiger partial charge in [-0.1, -0.05) is 18.2 Å². The molecule has 4 heteroatoms. The normalized spacial score (nSPS) is 12.4. The summed E-state index contributed by atoms with van der Waals surface area (Å²) in [5.41, 5.74) is 6.71. The second-order valence-electron chi connectivity index (χ2n) is 3.82. The van der Waals surface area contributed by atoms with Crippen molar-refractivity contribution < 1.29 is 9.90 Å². The average Bonchev–Trinajstić information content (AvgIpc) is 2.27. The van der Waals surface area contributed by atoms with Gasteiger partial charge in [-0.25, -0.2) is 0 Å². The van der Waals surface area contributed by atoms with E-state index in [9.17, 15) is 4.79 Å². The summed E-state index contributed by atoms with van der Waals surface area (Å²) in [5.74, 6) is -0.410. The zero-order valence-electron chi connectivity index (χ0n) is 9.44. The van der Waals surface area contributed by atoms with Crippen molar-refractivity contribution in [1.29, 1.82) is 0 Å². The Labute approximate surface area is 95.5 Å². The molecule has 1 atom stereocenters. The lowest BCUT2D eigenvalue weighted by atomic mass is 10.1. The molecule has 0 aromatic heterocycles. The summed E-state index contributed by atoms with van der Waals surface area (Å²) in [6.45, 7) is 2.73. The molecule has 0 aliphatic heterocycles. The van der Waals surface area contributed by atoms with Crippen LogP contribution in [0.1, 0.15) is 29.3 Å².